The molecular formula is C18H29NO. The Labute approximate surface area is 123 Å². The second-order valence-corrected chi connectivity index (χ2v) is 6.14. The molecule has 20 heavy (non-hydrogen) atoms. The molecule has 0 amide bonds. The van der Waals surface area contributed by atoms with Gasteiger partial charge < -0.3 is 10.5 Å². The van der Waals surface area contributed by atoms with Gasteiger partial charge in [-0.25, -0.2) is 0 Å². The zero-order chi connectivity index (χ0) is 14.4. The van der Waals surface area contributed by atoms with Crippen LogP contribution in [0.2, 0.25) is 0 Å². The Bertz CT molecular complexity index is 381. The fourth-order valence-electron chi connectivity index (χ4n) is 3.48. The minimum absolute atomic E-state index is 0.107. The van der Waals surface area contributed by atoms with Crippen molar-refractivity contribution in [3.05, 3.63) is 35.4 Å². The lowest BCUT2D eigenvalue weighted by atomic mass is 9.81. The summed E-state index contributed by atoms with van der Waals surface area (Å²) in [6.07, 6.45) is 8.82. The first-order chi connectivity index (χ1) is 9.74. The van der Waals surface area contributed by atoms with E-state index in [9.17, 15) is 0 Å². The summed E-state index contributed by atoms with van der Waals surface area (Å²) in [5.74, 6) is 0.652. The van der Waals surface area contributed by atoms with Gasteiger partial charge in [-0.2, -0.15) is 0 Å². The van der Waals surface area contributed by atoms with Crippen molar-refractivity contribution in [2.45, 2.75) is 64.0 Å². The van der Waals surface area contributed by atoms with Crippen molar-refractivity contribution in [1.82, 2.24) is 0 Å². The van der Waals surface area contributed by atoms with Crippen LogP contribution < -0.4 is 5.73 Å². The molecule has 2 heteroatoms. The Balaban J connectivity index is 1.95. The predicted molar refractivity (Wildman–Crippen MR) is 84.9 cm³/mol. The molecule has 1 aromatic carbocycles. The molecule has 1 saturated carbocycles. The average Bonchev–Trinajstić information content (AvgIpc) is 2.50. The van der Waals surface area contributed by atoms with Crippen LogP contribution in [0.15, 0.2) is 24.3 Å². The number of hydrogen-bond acceptors (Lipinski definition) is 2. The summed E-state index contributed by atoms with van der Waals surface area (Å²) in [7, 11) is 1.82. The summed E-state index contributed by atoms with van der Waals surface area (Å²) in [4.78, 5) is 0. The normalized spacial score (nSPS) is 19.8. The van der Waals surface area contributed by atoms with E-state index >= 15 is 0 Å². The first-order valence-electron chi connectivity index (χ1n) is 8.10. The van der Waals surface area contributed by atoms with Crippen LogP contribution in [0.4, 0.5) is 0 Å². The molecule has 0 heterocycles. The number of rotatable bonds is 6. The molecule has 2 nitrogen and oxygen atoms in total. The minimum Gasteiger partial charge on any atom is -0.380 e. The van der Waals surface area contributed by atoms with Crippen LogP contribution in [0.3, 0.4) is 0 Å². The Hall–Kier alpha value is -0.860. The monoisotopic (exact) mass is 275 g/mol. The van der Waals surface area contributed by atoms with Crippen LogP contribution >= 0.6 is 0 Å². The summed E-state index contributed by atoms with van der Waals surface area (Å²) >= 11 is 0. The van der Waals surface area contributed by atoms with Crippen LogP contribution in [0.5, 0.6) is 0 Å². The Morgan fingerprint density at radius 1 is 1.10 bits per heavy atom. The molecule has 0 spiro atoms. The van der Waals surface area contributed by atoms with Crippen molar-refractivity contribution in [2.75, 3.05) is 7.11 Å². The van der Waals surface area contributed by atoms with Gasteiger partial charge in [0.05, 0.1) is 6.10 Å². The second-order valence-electron chi connectivity index (χ2n) is 6.14. The largest absolute Gasteiger partial charge is 0.380 e. The summed E-state index contributed by atoms with van der Waals surface area (Å²) in [5, 5.41) is 0. The molecule has 2 atom stereocenters. The molecule has 2 N–H and O–H groups in total. The molecular weight excluding hydrogens is 246 g/mol. The van der Waals surface area contributed by atoms with E-state index < -0.39 is 0 Å². The highest BCUT2D eigenvalue weighted by Gasteiger charge is 2.28. The van der Waals surface area contributed by atoms with Gasteiger partial charge in [0.15, 0.2) is 0 Å². The van der Waals surface area contributed by atoms with E-state index in [0.717, 1.165) is 12.8 Å². The van der Waals surface area contributed by atoms with Gasteiger partial charge >= 0.3 is 0 Å². The standard InChI is InChI=1S/C18H29NO/c1-3-14-9-11-15(12-10-14)13-17(19)18(20-2)16-7-5-4-6-8-16/h9-12,16-18H,3-8,13,19H2,1-2H3. The molecule has 112 valence electrons. The highest BCUT2D eigenvalue weighted by atomic mass is 16.5. The second kappa shape index (κ2) is 7.80. The van der Waals surface area contributed by atoms with Crippen LogP contribution in [-0.2, 0) is 17.6 Å². The Morgan fingerprint density at radius 2 is 1.70 bits per heavy atom. The average molecular weight is 275 g/mol. The first kappa shape index (κ1) is 15.5. The highest BCUT2D eigenvalue weighted by Crippen LogP contribution is 2.29. The number of aryl methyl sites for hydroxylation is 1. The highest BCUT2D eigenvalue weighted by molar-refractivity contribution is 5.23. The van der Waals surface area contributed by atoms with Crippen LogP contribution in [0, 0.1) is 5.92 Å². The topological polar surface area (TPSA) is 35.2 Å². The summed E-state index contributed by atoms with van der Waals surface area (Å²) < 4.78 is 5.74. The van der Waals surface area contributed by atoms with E-state index in [2.05, 4.69) is 31.2 Å². The van der Waals surface area contributed by atoms with E-state index in [1.54, 1.807) is 0 Å². The summed E-state index contributed by atoms with van der Waals surface area (Å²) in [6.45, 7) is 2.19. The third kappa shape index (κ3) is 4.07. The van der Waals surface area contributed by atoms with E-state index in [-0.39, 0.29) is 12.1 Å². The quantitative estimate of drug-likeness (QED) is 0.859. The summed E-state index contributed by atoms with van der Waals surface area (Å²) in [6, 6.07) is 8.96. The number of ether oxygens (including phenoxy) is 1. The van der Waals surface area contributed by atoms with Gasteiger partial charge in [0.1, 0.15) is 0 Å². The van der Waals surface area contributed by atoms with Crippen LogP contribution in [0.1, 0.15) is 50.2 Å². The predicted octanol–water partition coefficient (Wildman–Crippen LogP) is 3.71. The molecule has 0 bridgehead atoms. The van der Waals surface area contributed by atoms with Crippen molar-refractivity contribution >= 4 is 0 Å². The molecule has 0 radical (unpaired) electrons. The van der Waals surface area contributed by atoms with Gasteiger partial charge in [-0.3, -0.25) is 0 Å². The lowest BCUT2D eigenvalue weighted by Gasteiger charge is -2.33. The molecule has 1 fully saturated rings. The van der Waals surface area contributed by atoms with Crippen molar-refractivity contribution in [3.8, 4) is 0 Å². The van der Waals surface area contributed by atoms with Crippen LogP contribution in [0.25, 0.3) is 0 Å². The molecule has 1 aliphatic carbocycles. The van der Waals surface area contributed by atoms with Gasteiger partial charge in [-0.15, -0.1) is 0 Å². The molecule has 1 aliphatic rings. The lowest BCUT2D eigenvalue weighted by molar-refractivity contribution is 0.0179. The SMILES string of the molecule is CCc1ccc(CC(N)C(OC)C2CCCCC2)cc1. The molecule has 0 aliphatic heterocycles. The van der Waals surface area contributed by atoms with Gasteiger partial charge in [-0.1, -0.05) is 50.5 Å². The molecule has 0 saturated heterocycles. The number of hydrogen-bond donors (Lipinski definition) is 1. The zero-order valence-corrected chi connectivity index (χ0v) is 13.0. The van der Waals surface area contributed by atoms with E-state index in [1.165, 1.54) is 43.2 Å². The maximum atomic E-state index is 6.44. The molecule has 2 unspecified atom stereocenters. The van der Waals surface area contributed by atoms with E-state index in [1.807, 2.05) is 7.11 Å². The van der Waals surface area contributed by atoms with Crippen molar-refractivity contribution < 1.29 is 4.74 Å². The fourth-order valence-corrected chi connectivity index (χ4v) is 3.48. The van der Waals surface area contributed by atoms with Crippen LogP contribution in [-0.4, -0.2) is 19.3 Å². The molecule has 2 rings (SSSR count). The maximum absolute atomic E-state index is 6.44. The maximum Gasteiger partial charge on any atom is 0.0753 e. The summed E-state index contributed by atoms with van der Waals surface area (Å²) in [5.41, 5.74) is 9.15. The number of benzene rings is 1. The Morgan fingerprint density at radius 3 is 2.25 bits per heavy atom. The van der Waals surface area contributed by atoms with Gasteiger partial charge in [0.2, 0.25) is 0 Å². The van der Waals surface area contributed by atoms with Gasteiger partial charge in [-0.05, 0) is 42.7 Å². The minimum atomic E-state index is 0.107. The van der Waals surface area contributed by atoms with E-state index in [0.29, 0.717) is 5.92 Å². The van der Waals surface area contributed by atoms with Crippen molar-refractivity contribution in [3.63, 3.8) is 0 Å². The smallest absolute Gasteiger partial charge is 0.0753 e. The number of nitrogens with two attached hydrogens (primary N) is 1. The van der Waals surface area contributed by atoms with Crippen molar-refractivity contribution in [2.24, 2.45) is 11.7 Å². The lowest BCUT2D eigenvalue weighted by Crippen LogP contribution is -2.43. The third-order valence-corrected chi connectivity index (χ3v) is 4.71. The van der Waals surface area contributed by atoms with Gasteiger partial charge in [0, 0.05) is 13.2 Å². The van der Waals surface area contributed by atoms with Crippen molar-refractivity contribution in [1.29, 1.82) is 0 Å². The third-order valence-electron chi connectivity index (χ3n) is 4.71. The number of methoxy groups -OCH3 is 1. The zero-order valence-electron chi connectivity index (χ0n) is 13.0. The van der Waals surface area contributed by atoms with E-state index in [4.69, 9.17) is 10.5 Å². The molecule has 1 aromatic rings. The van der Waals surface area contributed by atoms with Gasteiger partial charge in [0.25, 0.3) is 0 Å². The fraction of sp³-hybridized carbons (Fsp3) is 0.667. The molecule has 0 aromatic heterocycles. The first-order valence-corrected chi connectivity index (χ1v) is 8.10. The Kier molecular flexibility index (Phi) is 6.06.